The highest BCUT2D eigenvalue weighted by Crippen LogP contribution is 2.35. The van der Waals surface area contributed by atoms with Crippen LogP contribution >= 0.6 is 0 Å². The van der Waals surface area contributed by atoms with Crippen LogP contribution < -0.4 is 5.32 Å². The van der Waals surface area contributed by atoms with Crippen molar-refractivity contribution in [3.05, 3.63) is 65.7 Å². The molecule has 7 heteroatoms. The summed E-state index contributed by atoms with van der Waals surface area (Å²) in [5.74, 6) is -0.0236. The summed E-state index contributed by atoms with van der Waals surface area (Å²) in [6, 6.07) is 16.3. The quantitative estimate of drug-likeness (QED) is 0.786. The van der Waals surface area contributed by atoms with Gasteiger partial charge in [0.1, 0.15) is 0 Å². The van der Waals surface area contributed by atoms with Gasteiger partial charge in [-0.1, -0.05) is 42.5 Å². The molecule has 2 aromatic rings. The molecule has 0 spiro atoms. The first-order chi connectivity index (χ1) is 13.8. The lowest BCUT2D eigenvalue weighted by Crippen LogP contribution is -2.48. The van der Waals surface area contributed by atoms with E-state index in [2.05, 4.69) is 5.32 Å². The van der Waals surface area contributed by atoms with Gasteiger partial charge in [-0.3, -0.25) is 4.79 Å². The SMILES string of the molecule is CC(NC(=O)C1(c2ccccc2)CCOCC1)c1ccc(S(=O)(=O)N(C)C)cc1. The van der Waals surface area contributed by atoms with Gasteiger partial charge >= 0.3 is 0 Å². The van der Waals surface area contributed by atoms with Crippen molar-refractivity contribution in [2.75, 3.05) is 27.3 Å². The third kappa shape index (κ3) is 4.37. The Kier molecular flexibility index (Phi) is 6.41. The molecule has 0 bridgehead atoms. The van der Waals surface area contributed by atoms with Gasteiger partial charge < -0.3 is 10.1 Å². The van der Waals surface area contributed by atoms with Crippen molar-refractivity contribution in [2.45, 2.75) is 36.1 Å². The zero-order valence-corrected chi connectivity index (χ0v) is 17.9. The average Bonchev–Trinajstić information content (AvgIpc) is 2.74. The van der Waals surface area contributed by atoms with Crippen LogP contribution in [0.1, 0.15) is 36.9 Å². The van der Waals surface area contributed by atoms with Crippen LogP contribution in [0.5, 0.6) is 0 Å². The Morgan fingerprint density at radius 2 is 1.62 bits per heavy atom. The van der Waals surface area contributed by atoms with E-state index in [-0.39, 0.29) is 16.8 Å². The fourth-order valence-electron chi connectivity index (χ4n) is 3.68. The highest BCUT2D eigenvalue weighted by Gasteiger charge is 2.42. The number of nitrogens with one attached hydrogen (secondary N) is 1. The number of ether oxygens (including phenoxy) is 1. The molecular weight excluding hydrogens is 388 g/mol. The number of amides is 1. The molecule has 1 fully saturated rings. The van der Waals surface area contributed by atoms with Crippen LogP contribution in [0.2, 0.25) is 0 Å². The van der Waals surface area contributed by atoms with E-state index in [1.807, 2.05) is 37.3 Å². The summed E-state index contributed by atoms with van der Waals surface area (Å²) in [6.07, 6.45) is 1.27. The largest absolute Gasteiger partial charge is 0.381 e. The minimum absolute atomic E-state index is 0.0236. The summed E-state index contributed by atoms with van der Waals surface area (Å²) in [5, 5.41) is 3.13. The molecule has 156 valence electrons. The van der Waals surface area contributed by atoms with E-state index in [1.165, 1.54) is 18.4 Å². The predicted molar refractivity (Wildman–Crippen MR) is 112 cm³/mol. The first-order valence-electron chi connectivity index (χ1n) is 9.74. The van der Waals surface area contributed by atoms with Gasteiger partial charge in [-0.2, -0.15) is 0 Å². The Morgan fingerprint density at radius 3 is 2.17 bits per heavy atom. The van der Waals surface area contributed by atoms with E-state index in [0.29, 0.717) is 26.1 Å². The van der Waals surface area contributed by atoms with Gasteiger partial charge in [0.25, 0.3) is 0 Å². The Morgan fingerprint density at radius 1 is 1.03 bits per heavy atom. The third-order valence-electron chi connectivity index (χ3n) is 5.61. The Bertz CT molecular complexity index is 935. The maximum Gasteiger partial charge on any atom is 0.242 e. The molecule has 1 aliphatic rings. The van der Waals surface area contributed by atoms with Crippen LogP contribution in [0, 0.1) is 0 Å². The number of nitrogens with zero attached hydrogens (tertiary/aromatic N) is 1. The molecule has 0 aliphatic carbocycles. The molecular formula is C22H28N2O4S. The van der Waals surface area contributed by atoms with E-state index in [4.69, 9.17) is 4.74 Å². The summed E-state index contributed by atoms with van der Waals surface area (Å²) in [7, 11) is -0.467. The molecule has 0 radical (unpaired) electrons. The molecule has 0 aromatic heterocycles. The summed E-state index contributed by atoms with van der Waals surface area (Å²) in [5.41, 5.74) is 1.24. The average molecular weight is 417 g/mol. The van der Waals surface area contributed by atoms with Gasteiger partial charge in [-0.25, -0.2) is 12.7 Å². The zero-order chi connectivity index (χ0) is 21.1. The van der Waals surface area contributed by atoms with Crippen LogP contribution in [-0.2, 0) is 25.0 Å². The maximum absolute atomic E-state index is 13.4. The predicted octanol–water partition coefficient (Wildman–Crippen LogP) is 2.86. The molecule has 1 amide bonds. The highest BCUT2D eigenvalue weighted by molar-refractivity contribution is 7.89. The number of carbonyl (C=O) groups is 1. The van der Waals surface area contributed by atoms with Crippen LogP contribution in [0.4, 0.5) is 0 Å². The monoisotopic (exact) mass is 416 g/mol. The van der Waals surface area contributed by atoms with Crippen molar-refractivity contribution in [1.29, 1.82) is 0 Å². The first-order valence-corrected chi connectivity index (χ1v) is 11.2. The van der Waals surface area contributed by atoms with Gasteiger partial charge in [0.2, 0.25) is 15.9 Å². The summed E-state index contributed by atoms with van der Waals surface area (Å²) < 4.78 is 31.2. The fourth-order valence-corrected chi connectivity index (χ4v) is 4.58. The van der Waals surface area contributed by atoms with Crippen LogP contribution in [0.15, 0.2) is 59.5 Å². The van der Waals surface area contributed by atoms with E-state index >= 15 is 0 Å². The normalized spacial score (nSPS) is 17.7. The summed E-state index contributed by atoms with van der Waals surface area (Å²) in [6.45, 7) is 3.01. The first kappa shape index (κ1) is 21.5. The molecule has 29 heavy (non-hydrogen) atoms. The molecule has 1 unspecified atom stereocenters. The maximum atomic E-state index is 13.4. The van der Waals surface area contributed by atoms with Crippen LogP contribution in [0.3, 0.4) is 0 Å². The van der Waals surface area contributed by atoms with Gasteiger partial charge in [-0.05, 0) is 43.0 Å². The molecule has 1 aliphatic heterocycles. The van der Waals surface area contributed by atoms with Gasteiger partial charge in [-0.15, -0.1) is 0 Å². The topological polar surface area (TPSA) is 75.7 Å². The number of benzene rings is 2. The van der Waals surface area contributed by atoms with Gasteiger partial charge in [0.05, 0.1) is 16.4 Å². The Labute approximate surface area is 172 Å². The van der Waals surface area contributed by atoms with E-state index in [9.17, 15) is 13.2 Å². The molecule has 2 aromatic carbocycles. The minimum Gasteiger partial charge on any atom is -0.381 e. The van der Waals surface area contributed by atoms with Crippen LogP contribution in [-0.4, -0.2) is 45.9 Å². The van der Waals surface area contributed by atoms with Crippen molar-refractivity contribution >= 4 is 15.9 Å². The lowest BCUT2D eigenvalue weighted by atomic mass is 9.73. The van der Waals surface area contributed by atoms with E-state index in [0.717, 1.165) is 11.1 Å². The standard InChI is InChI=1S/C22H28N2O4S/c1-17(18-9-11-20(12-10-18)29(26,27)24(2)3)23-21(25)22(13-15-28-16-14-22)19-7-5-4-6-8-19/h4-12,17H,13-16H2,1-3H3,(H,23,25). The van der Waals surface area contributed by atoms with Crippen molar-refractivity contribution in [3.8, 4) is 0 Å². The van der Waals surface area contributed by atoms with Gasteiger partial charge in [0.15, 0.2) is 0 Å². The van der Waals surface area contributed by atoms with Crippen molar-refractivity contribution in [2.24, 2.45) is 0 Å². The van der Waals surface area contributed by atoms with Crippen molar-refractivity contribution in [3.63, 3.8) is 0 Å². The van der Waals surface area contributed by atoms with Crippen LogP contribution in [0.25, 0.3) is 0 Å². The summed E-state index contributed by atoms with van der Waals surface area (Å²) >= 11 is 0. The number of hydrogen-bond acceptors (Lipinski definition) is 4. The number of hydrogen-bond donors (Lipinski definition) is 1. The number of sulfonamides is 1. The summed E-state index contributed by atoms with van der Waals surface area (Å²) in [4.78, 5) is 13.6. The smallest absolute Gasteiger partial charge is 0.242 e. The second kappa shape index (κ2) is 8.65. The van der Waals surface area contributed by atoms with E-state index in [1.54, 1.807) is 24.3 Å². The molecule has 1 atom stereocenters. The highest BCUT2D eigenvalue weighted by atomic mass is 32.2. The minimum atomic E-state index is -3.47. The molecule has 3 rings (SSSR count). The fraction of sp³-hybridized carbons (Fsp3) is 0.409. The molecule has 1 heterocycles. The van der Waals surface area contributed by atoms with Gasteiger partial charge in [0, 0.05) is 27.3 Å². The van der Waals surface area contributed by atoms with Crippen molar-refractivity contribution < 1.29 is 17.9 Å². The lowest BCUT2D eigenvalue weighted by Gasteiger charge is -2.37. The molecule has 1 saturated heterocycles. The molecule has 1 N–H and O–H groups in total. The second-order valence-electron chi connectivity index (χ2n) is 7.61. The molecule has 6 nitrogen and oxygen atoms in total. The van der Waals surface area contributed by atoms with Crippen molar-refractivity contribution in [1.82, 2.24) is 9.62 Å². The van der Waals surface area contributed by atoms with E-state index < -0.39 is 15.4 Å². The Hall–Kier alpha value is -2.22. The lowest BCUT2D eigenvalue weighted by molar-refractivity contribution is -0.131. The zero-order valence-electron chi connectivity index (χ0n) is 17.1. The number of rotatable bonds is 6. The second-order valence-corrected chi connectivity index (χ2v) is 9.76. The Balaban J connectivity index is 1.80. The third-order valence-corrected chi connectivity index (χ3v) is 7.44. The number of carbonyl (C=O) groups excluding carboxylic acids is 1. The molecule has 0 saturated carbocycles.